The molecule has 0 aliphatic carbocycles. The fourth-order valence-electron chi connectivity index (χ4n) is 2.80. The number of guanidine groups is 1. The Morgan fingerprint density at radius 1 is 1.27 bits per heavy atom. The van der Waals surface area contributed by atoms with E-state index in [1.54, 1.807) is 0 Å². The molecule has 1 aliphatic heterocycles. The summed E-state index contributed by atoms with van der Waals surface area (Å²) >= 11 is 0. The minimum absolute atomic E-state index is 0. The fourth-order valence-corrected chi connectivity index (χ4v) is 2.80. The Morgan fingerprint density at radius 2 is 1.91 bits per heavy atom. The van der Waals surface area contributed by atoms with E-state index in [1.165, 1.54) is 12.8 Å². The Bertz CT molecular complexity index is 311. The second kappa shape index (κ2) is 12.4. The van der Waals surface area contributed by atoms with Gasteiger partial charge in [-0.1, -0.05) is 26.7 Å². The summed E-state index contributed by atoms with van der Waals surface area (Å²) in [7, 11) is 1.84. The highest BCUT2D eigenvalue weighted by molar-refractivity contribution is 14.0. The van der Waals surface area contributed by atoms with Crippen LogP contribution in [0.1, 0.15) is 40.5 Å². The predicted octanol–water partition coefficient (Wildman–Crippen LogP) is 2.31. The van der Waals surface area contributed by atoms with Gasteiger partial charge in [0.15, 0.2) is 5.96 Å². The van der Waals surface area contributed by atoms with Gasteiger partial charge < -0.3 is 15.4 Å². The first-order chi connectivity index (χ1) is 10.1. The quantitative estimate of drug-likeness (QED) is 0.373. The van der Waals surface area contributed by atoms with Crippen LogP contribution in [0.5, 0.6) is 0 Å². The molecule has 1 fully saturated rings. The number of nitrogens with zero attached hydrogens (tertiary/aromatic N) is 2. The summed E-state index contributed by atoms with van der Waals surface area (Å²) < 4.78 is 5.50. The molecule has 1 saturated heterocycles. The lowest BCUT2D eigenvalue weighted by Gasteiger charge is -2.38. The monoisotopic (exact) mass is 426 g/mol. The molecule has 0 bridgehead atoms. The van der Waals surface area contributed by atoms with Crippen LogP contribution in [0.3, 0.4) is 0 Å². The summed E-state index contributed by atoms with van der Waals surface area (Å²) in [6.45, 7) is 13.6. The number of morpholine rings is 1. The van der Waals surface area contributed by atoms with Gasteiger partial charge in [-0.15, -0.1) is 24.0 Å². The summed E-state index contributed by atoms with van der Waals surface area (Å²) in [6.07, 6.45) is 2.42. The molecule has 0 radical (unpaired) electrons. The van der Waals surface area contributed by atoms with Gasteiger partial charge >= 0.3 is 0 Å². The van der Waals surface area contributed by atoms with Crippen molar-refractivity contribution in [2.75, 3.05) is 39.9 Å². The molecule has 0 aromatic heterocycles. The number of hydrogen-bond donors (Lipinski definition) is 2. The maximum absolute atomic E-state index is 5.50. The number of rotatable bonds is 7. The van der Waals surface area contributed by atoms with Crippen LogP contribution in [-0.2, 0) is 4.74 Å². The lowest BCUT2D eigenvalue weighted by atomic mass is 10.0. The van der Waals surface area contributed by atoms with E-state index in [0.717, 1.165) is 44.7 Å². The fraction of sp³-hybridized carbons (Fsp3) is 0.938. The molecule has 1 heterocycles. The molecule has 0 aromatic carbocycles. The molecule has 2 atom stereocenters. The first-order valence-corrected chi connectivity index (χ1v) is 8.40. The average molecular weight is 426 g/mol. The van der Waals surface area contributed by atoms with Gasteiger partial charge in [-0.25, -0.2) is 0 Å². The summed E-state index contributed by atoms with van der Waals surface area (Å²) in [5.74, 6) is 1.63. The molecule has 0 spiro atoms. The van der Waals surface area contributed by atoms with Gasteiger partial charge in [0, 0.05) is 38.8 Å². The first kappa shape index (κ1) is 21.9. The normalized spacial score (nSPS) is 21.4. The van der Waals surface area contributed by atoms with E-state index >= 15 is 0 Å². The van der Waals surface area contributed by atoms with Crippen LogP contribution in [0.25, 0.3) is 0 Å². The lowest BCUT2D eigenvalue weighted by Crippen LogP contribution is -2.53. The highest BCUT2D eigenvalue weighted by Gasteiger charge is 2.23. The van der Waals surface area contributed by atoms with Crippen molar-refractivity contribution >= 4 is 29.9 Å². The van der Waals surface area contributed by atoms with Crippen molar-refractivity contribution in [3.05, 3.63) is 0 Å². The molecule has 0 amide bonds. The first-order valence-electron chi connectivity index (χ1n) is 8.40. The molecule has 1 rings (SSSR count). The number of hydrogen-bond acceptors (Lipinski definition) is 3. The molecular formula is C16H35IN4O. The third-order valence-corrected chi connectivity index (χ3v) is 4.49. The van der Waals surface area contributed by atoms with Crippen LogP contribution in [0.15, 0.2) is 4.99 Å². The number of halogens is 1. The zero-order chi connectivity index (χ0) is 15.7. The van der Waals surface area contributed by atoms with Gasteiger partial charge in [-0.2, -0.15) is 0 Å². The van der Waals surface area contributed by atoms with Crippen molar-refractivity contribution in [3.8, 4) is 0 Å². The summed E-state index contributed by atoms with van der Waals surface area (Å²) in [5, 5.41) is 6.88. The molecule has 6 heteroatoms. The smallest absolute Gasteiger partial charge is 0.191 e. The zero-order valence-corrected chi connectivity index (χ0v) is 17.2. The SMILES string of the molecule is CCC(CC)CNC(=NC)NCC(C)N1CCOCC1C.I. The van der Waals surface area contributed by atoms with E-state index in [-0.39, 0.29) is 24.0 Å². The zero-order valence-electron chi connectivity index (χ0n) is 14.9. The van der Waals surface area contributed by atoms with Gasteiger partial charge in [0.25, 0.3) is 0 Å². The van der Waals surface area contributed by atoms with Gasteiger partial charge in [-0.3, -0.25) is 9.89 Å². The molecular weight excluding hydrogens is 391 g/mol. The molecule has 5 nitrogen and oxygen atoms in total. The number of ether oxygens (including phenoxy) is 1. The van der Waals surface area contributed by atoms with Crippen LogP contribution in [0, 0.1) is 5.92 Å². The predicted molar refractivity (Wildman–Crippen MR) is 105 cm³/mol. The Hall–Kier alpha value is -0.0800. The van der Waals surface area contributed by atoms with Crippen molar-refractivity contribution in [3.63, 3.8) is 0 Å². The minimum atomic E-state index is 0. The van der Waals surface area contributed by atoms with Gasteiger partial charge in [0.05, 0.1) is 13.2 Å². The number of nitrogens with one attached hydrogen (secondary N) is 2. The summed E-state index contributed by atoms with van der Waals surface area (Å²) in [5.41, 5.74) is 0. The van der Waals surface area contributed by atoms with E-state index in [0.29, 0.717) is 12.1 Å². The van der Waals surface area contributed by atoms with E-state index in [2.05, 4.69) is 48.2 Å². The maximum Gasteiger partial charge on any atom is 0.191 e. The topological polar surface area (TPSA) is 48.9 Å². The van der Waals surface area contributed by atoms with E-state index in [1.807, 2.05) is 7.05 Å². The Balaban J connectivity index is 0.00000441. The molecule has 0 aromatic rings. The highest BCUT2D eigenvalue weighted by atomic mass is 127. The highest BCUT2D eigenvalue weighted by Crippen LogP contribution is 2.10. The second-order valence-electron chi connectivity index (χ2n) is 6.03. The van der Waals surface area contributed by atoms with Crippen LogP contribution in [0.4, 0.5) is 0 Å². The maximum atomic E-state index is 5.50. The van der Waals surface area contributed by atoms with Gasteiger partial charge in [-0.05, 0) is 19.8 Å². The van der Waals surface area contributed by atoms with Crippen molar-refractivity contribution in [2.45, 2.75) is 52.6 Å². The van der Waals surface area contributed by atoms with E-state index in [9.17, 15) is 0 Å². The van der Waals surface area contributed by atoms with Crippen LogP contribution in [-0.4, -0.2) is 62.8 Å². The number of aliphatic imine (C=N–C) groups is 1. The second-order valence-corrected chi connectivity index (χ2v) is 6.03. The van der Waals surface area contributed by atoms with Crippen LogP contribution in [0.2, 0.25) is 0 Å². The van der Waals surface area contributed by atoms with Gasteiger partial charge in [0.2, 0.25) is 0 Å². The van der Waals surface area contributed by atoms with Crippen molar-refractivity contribution in [1.29, 1.82) is 0 Å². The molecule has 1 aliphatic rings. The van der Waals surface area contributed by atoms with E-state index in [4.69, 9.17) is 4.74 Å². The molecule has 22 heavy (non-hydrogen) atoms. The van der Waals surface area contributed by atoms with Crippen LogP contribution >= 0.6 is 24.0 Å². The molecule has 2 N–H and O–H groups in total. The molecule has 2 unspecified atom stereocenters. The lowest BCUT2D eigenvalue weighted by molar-refractivity contribution is -0.0174. The Kier molecular flexibility index (Phi) is 12.3. The van der Waals surface area contributed by atoms with Crippen molar-refractivity contribution in [2.24, 2.45) is 10.9 Å². The standard InChI is InChI=1S/C16H34N4O.HI/c1-6-15(7-2)11-19-16(17-5)18-10-13(3)20-8-9-21-12-14(20)4;/h13-15H,6-12H2,1-5H3,(H2,17,18,19);1H. The molecule has 0 saturated carbocycles. The third kappa shape index (κ3) is 7.46. The molecule has 132 valence electrons. The van der Waals surface area contributed by atoms with Crippen molar-refractivity contribution in [1.82, 2.24) is 15.5 Å². The Labute approximate surface area is 153 Å². The average Bonchev–Trinajstić information content (AvgIpc) is 2.51. The summed E-state index contributed by atoms with van der Waals surface area (Å²) in [6, 6.07) is 0.977. The van der Waals surface area contributed by atoms with Crippen molar-refractivity contribution < 1.29 is 4.74 Å². The largest absolute Gasteiger partial charge is 0.379 e. The van der Waals surface area contributed by atoms with E-state index < -0.39 is 0 Å². The Morgan fingerprint density at radius 3 is 2.45 bits per heavy atom. The third-order valence-electron chi connectivity index (χ3n) is 4.49. The van der Waals surface area contributed by atoms with Gasteiger partial charge in [0.1, 0.15) is 0 Å². The summed E-state index contributed by atoms with van der Waals surface area (Å²) in [4.78, 5) is 6.82. The minimum Gasteiger partial charge on any atom is -0.379 e. The van der Waals surface area contributed by atoms with Crippen LogP contribution < -0.4 is 10.6 Å².